The molecule has 0 amide bonds. The quantitative estimate of drug-likeness (QED) is 0.856. The molecular weight excluding hydrogens is 250 g/mol. The highest BCUT2D eigenvalue weighted by atomic mass is 35.5. The van der Waals surface area contributed by atoms with Crippen molar-refractivity contribution in [2.75, 3.05) is 18.1 Å². The van der Waals surface area contributed by atoms with E-state index in [2.05, 4.69) is 4.90 Å². The van der Waals surface area contributed by atoms with Gasteiger partial charge in [-0.25, -0.2) is 0 Å². The van der Waals surface area contributed by atoms with E-state index < -0.39 is 0 Å². The summed E-state index contributed by atoms with van der Waals surface area (Å²) in [6.07, 6.45) is 5.14. The van der Waals surface area contributed by atoms with Crippen molar-refractivity contribution < 1.29 is 9.90 Å². The summed E-state index contributed by atoms with van der Waals surface area (Å²) in [5, 5.41) is 9.99. The number of carbonyl (C=O) groups excluding carboxylic acids is 1. The summed E-state index contributed by atoms with van der Waals surface area (Å²) >= 11 is 6.06. The summed E-state index contributed by atoms with van der Waals surface area (Å²) in [5.74, 6) is 0. The van der Waals surface area contributed by atoms with Crippen LogP contribution in [0.3, 0.4) is 0 Å². The van der Waals surface area contributed by atoms with Gasteiger partial charge in [-0.15, -0.1) is 0 Å². The van der Waals surface area contributed by atoms with E-state index in [1.165, 1.54) is 6.42 Å². The van der Waals surface area contributed by atoms with Crippen LogP contribution in [0.25, 0.3) is 0 Å². The van der Waals surface area contributed by atoms with Crippen molar-refractivity contribution in [3.8, 4) is 0 Å². The second kappa shape index (κ2) is 6.21. The number of nitrogens with zero attached hydrogens (tertiary/aromatic N) is 1. The summed E-state index contributed by atoms with van der Waals surface area (Å²) in [7, 11) is 0. The average Bonchev–Trinajstić information content (AvgIpc) is 2.63. The van der Waals surface area contributed by atoms with Crippen LogP contribution in [0, 0.1) is 0 Å². The fourth-order valence-corrected chi connectivity index (χ4v) is 2.79. The van der Waals surface area contributed by atoms with Crippen molar-refractivity contribution in [1.29, 1.82) is 0 Å². The van der Waals surface area contributed by atoms with Gasteiger partial charge in [0.05, 0.1) is 23.2 Å². The second-order valence-corrected chi connectivity index (χ2v) is 5.08. The molecule has 18 heavy (non-hydrogen) atoms. The van der Waals surface area contributed by atoms with Gasteiger partial charge in [-0.3, -0.25) is 4.79 Å². The van der Waals surface area contributed by atoms with Crippen molar-refractivity contribution in [3.05, 3.63) is 28.8 Å². The molecule has 0 saturated carbocycles. The third kappa shape index (κ3) is 2.68. The first-order valence-corrected chi connectivity index (χ1v) is 6.77. The second-order valence-electron chi connectivity index (χ2n) is 4.67. The van der Waals surface area contributed by atoms with Gasteiger partial charge in [0.1, 0.15) is 0 Å². The largest absolute Gasteiger partial charge is 0.394 e. The smallest absolute Gasteiger partial charge is 0.153 e. The normalized spacial score (nSPS) is 20.6. The highest BCUT2D eigenvalue weighted by molar-refractivity contribution is 6.33. The van der Waals surface area contributed by atoms with Gasteiger partial charge < -0.3 is 10.0 Å². The van der Waals surface area contributed by atoms with Crippen molar-refractivity contribution in [3.63, 3.8) is 0 Å². The van der Waals surface area contributed by atoms with E-state index in [4.69, 9.17) is 11.6 Å². The highest BCUT2D eigenvalue weighted by Gasteiger charge is 2.23. The molecule has 1 fully saturated rings. The molecule has 1 atom stereocenters. The third-order valence-electron chi connectivity index (χ3n) is 3.55. The fourth-order valence-electron chi connectivity index (χ4n) is 2.58. The highest BCUT2D eigenvalue weighted by Crippen LogP contribution is 2.30. The monoisotopic (exact) mass is 267 g/mol. The minimum absolute atomic E-state index is 0.0877. The van der Waals surface area contributed by atoms with Crippen LogP contribution in [-0.2, 0) is 0 Å². The van der Waals surface area contributed by atoms with Crippen molar-refractivity contribution >= 4 is 23.6 Å². The molecule has 2 rings (SSSR count). The zero-order chi connectivity index (χ0) is 13.0. The summed E-state index contributed by atoms with van der Waals surface area (Å²) in [5.41, 5.74) is 1.37. The summed E-state index contributed by atoms with van der Waals surface area (Å²) in [4.78, 5) is 13.3. The molecule has 1 heterocycles. The molecule has 1 N–H and O–H groups in total. The van der Waals surface area contributed by atoms with E-state index in [0.29, 0.717) is 10.6 Å². The molecular formula is C14H18ClNO2. The number of benzene rings is 1. The van der Waals surface area contributed by atoms with E-state index in [-0.39, 0.29) is 12.6 Å². The number of hydrogen-bond acceptors (Lipinski definition) is 3. The minimum Gasteiger partial charge on any atom is -0.394 e. The Labute approximate surface area is 112 Å². The first-order chi connectivity index (χ1) is 8.77. The molecule has 1 aromatic rings. The van der Waals surface area contributed by atoms with Gasteiger partial charge in [-0.2, -0.15) is 0 Å². The van der Waals surface area contributed by atoms with Crippen molar-refractivity contribution in [2.45, 2.75) is 31.7 Å². The van der Waals surface area contributed by atoms with Crippen LogP contribution in [0.15, 0.2) is 18.2 Å². The number of halogens is 1. The van der Waals surface area contributed by atoms with Crippen LogP contribution in [0.2, 0.25) is 5.02 Å². The number of anilines is 1. The van der Waals surface area contributed by atoms with E-state index in [1.807, 2.05) is 12.1 Å². The Morgan fingerprint density at radius 2 is 2.22 bits per heavy atom. The SMILES string of the molecule is O=Cc1c(Cl)cccc1N1CCCCCC1CO. The molecule has 3 nitrogen and oxygen atoms in total. The van der Waals surface area contributed by atoms with E-state index in [0.717, 1.165) is 37.8 Å². The van der Waals surface area contributed by atoms with Crippen LogP contribution in [-0.4, -0.2) is 30.6 Å². The Kier molecular flexibility index (Phi) is 4.61. The number of aliphatic hydroxyl groups excluding tert-OH is 1. The van der Waals surface area contributed by atoms with Crippen LogP contribution in [0.4, 0.5) is 5.69 Å². The Bertz CT molecular complexity index is 422. The molecule has 1 aliphatic heterocycles. The minimum atomic E-state index is 0.0877. The lowest BCUT2D eigenvalue weighted by atomic mass is 10.1. The van der Waals surface area contributed by atoms with E-state index in [9.17, 15) is 9.90 Å². The Hall–Kier alpha value is -1.06. The molecule has 1 saturated heterocycles. The van der Waals surface area contributed by atoms with Gasteiger partial charge in [0.2, 0.25) is 0 Å². The average molecular weight is 268 g/mol. The Morgan fingerprint density at radius 3 is 2.94 bits per heavy atom. The van der Waals surface area contributed by atoms with Gasteiger partial charge in [0.15, 0.2) is 6.29 Å². The molecule has 1 aliphatic rings. The van der Waals surface area contributed by atoms with Gasteiger partial charge in [0, 0.05) is 12.2 Å². The molecule has 0 spiro atoms. The lowest BCUT2D eigenvalue weighted by Gasteiger charge is -2.32. The van der Waals surface area contributed by atoms with Crippen LogP contribution in [0.1, 0.15) is 36.0 Å². The molecule has 1 aromatic carbocycles. The number of rotatable bonds is 3. The van der Waals surface area contributed by atoms with E-state index >= 15 is 0 Å². The van der Waals surface area contributed by atoms with Crippen LogP contribution in [0.5, 0.6) is 0 Å². The van der Waals surface area contributed by atoms with Crippen LogP contribution < -0.4 is 4.90 Å². The molecule has 4 heteroatoms. The maximum absolute atomic E-state index is 11.2. The molecule has 0 aliphatic carbocycles. The van der Waals surface area contributed by atoms with Crippen LogP contribution >= 0.6 is 11.6 Å². The fraction of sp³-hybridized carbons (Fsp3) is 0.500. The van der Waals surface area contributed by atoms with Gasteiger partial charge in [-0.05, 0) is 25.0 Å². The van der Waals surface area contributed by atoms with Gasteiger partial charge >= 0.3 is 0 Å². The predicted octanol–water partition coefficient (Wildman–Crippen LogP) is 2.89. The third-order valence-corrected chi connectivity index (χ3v) is 3.87. The van der Waals surface area contributed by atoms with Gasteiger partial charge in [-0.1, -0.05) is 30.5 Å². The molecule has 0 radical (unpaired) electrons. The number of hydrogen-bond donors (Lipinski definition) is 1. The summed E-state index contributed by atoms with van der Waals surface area (Å²) in [6, 6.07) is 5.57. The standard InChI is InChI=1S/C14H18ClNO2/c15-13-6-4-7-14(12(13)10-18)16-8-3-1-2-5-11(16)9-17/h4,6-7,10-11,17H,1-3,5,8-9H2. The maximum atomic E-state index is 11.2. The number of carbonyl (C=O) groups is 1. The molecule has 0 bridgehead atoms. The first kappa shape index (κ1) is 13.4. The predicted molar refractivity (Wildman–Crippen MR) is 73.5 cm³/mol. The van der Waals surface area contributed by atoms with Crippen molar-refractivity contribution in [2.24, 2.45) is 0 Å². The van der Waals surface area contributed by atoms with Gasteiger partial charge in [0.25, 0.3) is 0 Å². The Balaban J connectivity index is 2.38. The molecule has 0 aromatic heterocycles. The van der Waals surface area contributed by atoms with E-state index in [1.54, 1.807) is 6.07 Å². The topological polar surface area (TPSA) is 40.5 Å². The Morgan fingerprint density at radius 1 is 1.39 bits per heavy atom. The maximum Gasteiger partial charge on any atom is 0.153 e. The first-order valence-electron chi connectivity index (χ1n) is 6.39. The lowest BCUT2D eigenvalue weighted by molar-refractivity contribution is 0.112. The van der Waals surface area contributed by atoms with Crippen molar-refractivity contribution in [1.82, 2.24) is 0 Å². The number of aliphatic hydroxyl groups is 1. The molecule has 1 unspecified atom stereocenters. The lowest BCUT2D eigenvalue weighted by Crippen LogP contribution is -2.38. The summed E-state index contributed by atoms with van der Waals surface area (Å²) < 4.78 is 0. The molecule has 98 valence electrons. The number of aldehydes is 1. The summed E-state index contributed by atoms with van der Waals surface area (Å²) in [6.45, 7) is 0.983. The zero-order valence-electron chi connectivity index (χ0n) is 10.3. The zero-order valence-corrected chi connectivity index (χ0v) is 11.1.